The maximum absolute atomic E-state index is 10.8. The van der Waals surface area contributed by atoms with E-state index in [2.05, 4.69) is 18.8 Å². The Morgan fingerprint density at radius 3 is 2.62 bits per heavy atom. The molecule has 90 valence electrons. The lowest BCUT2D eigenvalue weighted by molar-refractivity contribution is 0.0690. The van der Waals surface area contributed by atoms with Gasteiger partial charge in [0.2, 0.25) is 0 Å². The predicted molar refractivity (Wildman–Crippen MR) is 66.5 cm³/mol. The largest absolute Gasteiger partial charge is 0.476 e. The van der Waals surface area contributed by atoms with Crippen molar-refractivity contribution in [2.45, 2.75) is 27.2 Å². The van der Waals surface area contributed by atoms with Crippen LogP contribution in [0.3, 0.4) is 0 Å². The Bertz CT molecular complexity index is 374. The number of aromatic nitrogens is 1. The highest BCUT2D eigenvalue weighted by Gasteiger charge is 2.16. The number of hydrogen-bond donors (Lipinski definition) is 1. The molecule has 0 aliphatic rings. The first-order chi connectivity index (χ1) is 7.41. The molecule has 0 aromatic carbocycles. The van der Waals surface area contributed by atoms with Gasteiger partial charge in [-0.05, 0) is 19.3 Å². The van der Waals surface area contributed by atoms with E-state index in [1.165, 1.54) is 11.3 Å². The minimum Gasteiger partial charge on any atom is -0.476 e. The van der Waals surface area contributed by atoms with Crippen LogP contribution in [0.25, 0.3) is 0 Å². The van der Waals surface area contributed by atoms with Gasteiger partial charge in [-0.3, -0.25) is 0 Å². The van der Waals surface area contributed by atoms with Crippen LogP contribution in [0.1, 0.15) is 35.6 Å². The van der Waals surface area contributed by atoms with E-state index in [4.69, 9.17) is 5.11 Å². The normalized spacial score (nSPS) is 10.8. The van der Waals surface area contributed by atoms with E-state index in [1.807, 2.05) is 11.9 Å². The molecule has 1 rings (SSSR count). The number of thiazole rings is 1. The summed E-state index contributed by atoms with van der Waals surface area (Å²) in [7, 11) is 1.95. The molecule has 0 spiro atoms. The Kier molecular flexibility index (Phi) is 4.29. The van der Waals surface area contributed by atoms with Crippen molar-refractivity contribution >= 4 is 22.4 Å². The van der Waals surface area contributed by atoms with E-state index < -0.39 is 5.97 Å². The molecular weight excluding hydrogens is 224 g/mol. The van der Waals surface area contributed by atoms with Crippen molar-refractivity contribution in [1.29, 1.82) is 0 Å². The number of aryl methyl sites for hydroxylation is 1. The minimum atomic E-state index is -0.947. The third-order valence-corrected chi connectivity index (χ3v) is 3.44. The Labute approximate surface area is 99.9 Å². The SMILES string of the molecule is Cc1sc(N(C)CCC(C)C)nc1C(=O)O. The summed E-state index contributed by atoms with van der Waals surface area (Å²) in [4.78, 5) is 17.8. The summed E-state index contributed by atoms with van der Waals surface area (Å²) in [6.07, 6.45) is 1.08. The van der Waals surface area contributed by atoms with Gasteiger partial charge in [0.1, 0.15) is 0 Å². The van der Waals surface area contributed by atoms with E-state index >= 15 is 0 Å². The number of carboxylic acids is 1. The molecule has 0 bridgehead atoms. The summed E-state index contributed by atoms with van der Waals surface area (Å²) in [6.45, 7) is 7.04. The fraction of sp³-hybridized carbons (Fsp3) is 0.636. The van der Waals surface area contributed by atoms with Crippen molar-refractivity contribution in [1.82, 2.24) is 4.98 Å². The van der Waals surface area contributed by atoms with E-state index in [1.54, 1.807) is 6.92 Å². The molecular formula is C11H18N2O2S. The highest BCUT2D eigenvalue weighted by atomic mass is 32.1. The van der Waals surface area contributed by atoms with Crippen LogP contribution < -0.4 is 4.90 Å². The van der Waals surface area contributed by atoms with Gasteiger partial charge in [0.15, 0.2) is 10.8 Å². The van der Waals surface area contributed by atoms with Crippen molar-refractivity contribution in [3.63, 3.8) is 0 Å². The summed E-state index contributed by atoms with van der Waals surface area (Å²) < 4.78 is 0. The maximum atomic E-state index is 10.8. The second-order valence-corrected chi connectivity index (χ2v) is 5.49. The summed E-state index contributed by atoms with van der Waals surface area (Å²) in [5, 5.41) is 9.69. The summed E-state index contributed by atoms with van der Waals surface area (Å²) >= 11 is 1.44. The smallest absolute Gasteiger partial charge is 0.355 e. The first-order valence-electron chi connectivity index (χ1n) is 5.33. The molecule has 0 fully saturated rings. The van der Waals surface area contributed by atoms with E-state index in [0.717, 1.165) is 23.0 Å². The van der Waals surface area contributed by atoms with Gasteiger partial charge in [0.05, 0.1) is 0 Å². The highest BCUT2D eigenvalue weighted by Crippen LogP contribution is 2.25. The van der Waals surface area contributed by atoms with Gasteiger partial charge >= 0.3 is 5.97 Å². The standard InChI is InChI=1S/C11H18N2O2S/c1-7(2)5-6-13(4)11-12-9(10(14)15)8(3)16-11/h7H,5-6H2,1-4H3,(H,14,15). The Balaban J connectivity index is 2.73. The Morgan fingerprint density at radius 2 is 2.19 bits per heavy atom. The van der Waals surface area contributed by atoms with Crippen LogP contribution in [0, 0.1) is 12.8 Å². The highest BCUT2D eigenvalue weighted by molar-refractivity contribution is 7.15. The van der Waals surface area contributed by atoms with Crippen molar-refractivity contribution in [2.75, 3.05) is 18.5 Å². The molecule has 16 heavy (non-hydrogen) atoms. The first kappa shape index (κ1) is 13.0. The first-order valence-corrected chi connectivity index (χ1v) is 6.15. The van der Waals surface area contributed by atoms with Crippen LogP contribution in [0.2, 0.25) is 0 Å². The molecule has 0 saturated heterocycles. The summed E-state index contributed by atoms with van der Waals surface area (Å²) in [6, 6.07) is 0. The Hall–Kier alpha value is -1.10. The van der Waals surface area contributed by atoms with Crippen LogP contribution in [0.4, 0.5) is 5.13 Å². The van der Waals surface area contributed by atoms with Crippen LogP contribution >= 0.6 is 11.3 Å². The molecule has 0 aliphatic carbocycles. The molecule has 1 heterocycles. The zero-order valence-corrected chi connectivity index (χ0v) is 11.0. The Morgan fingerprint density at radius 1 is 1.56 bits per heavy atom. The fourth-order valence-corrected chi connectivity index (χ4v) is 2.18. The van der Waals surface area contributed by atoms with Gasteiger partial charge < -0.3 is 10.0 Å². The number of nitrogens with zero attached hydrogens (tertiary/aromatic N) is 2. The van der Waals surface area contributed by atoms with E-state index in [-0.39, 0.29) is 5.69 Å². The lowest BCUT2D eigenvalue weighted by Crippen LogP contribution is -2.19. The average molecular weight is 242 g/mol. The maximum Gasteiger partial charge on any atom is 0.355 e. The lowest BCUT2D eigenvalue weighted by atomic mass is 10.1. The van der Waals surface area contributed by atoms with E-state index in [0.29, 0.717) is 5.92 Å². The molecule has 5 heteroatoms. The molecule has 4 nitrogen and oxygen atoms in total. The molecule has 0 aliphatic heterocycles. The molecule has 0 unspecified atom stereocenters. The predicted octanol–water partition coefficient (Wildman–Crippen LogP) is 2.63. The molecule has 1 aromatic rings. The van der Waals surface area contributed by atoms with Crippen LogP contribution in [-0.4, -0.2) is 29.7 Å². The average Bonchev–Trinajstić information content (AvgIpc) is 2.56. The van der Waals surface area contributed by atoms with Gasteiger partial charge in [0.25, 0.3) is 0 Å². The lowest BCUT2D eigenvalue weighted by Gasteiger charge is -2.16. The van der Waals surface area contributed by atoms with E-state index in [9.17, 15) is 4.79 Å². The third kappa shape index (κ3) is 3.20. The van der Waals surface area contributed by atoms with Gasteiger partial charge in [-0.2, -0.15) is 0 Å². The second-order valence-electron chi connectivity index (χ2n) is 4.31. The molecule has 1 aromatic heterocycles. The number of anilines is 1. The van der Waals surface area contributed by atoms with Crippen molar-refractivity contribution < 1.29 is 9.90 Å². The number of rotatable bonds is 5. The zero-order valence-electron chi connectivity index (χ0n) is 10.1. The number of aromatic carboxylic acids is 1. The quantitative estimate of drug-likeness (QED) is 0.862. The zero-order chi connectivity index (χ0) is 12.3. The van der Waals surface area contributed by atoms with Crippen LogP contribution in [0.5, 0.6) is 0 Å². The van der Waals surface area contributed by atoms with Crippen molar-refractivity contribution in [2.24, 2.45) is 5.92 Å². The number of hydrogen-bond acceptors (Lipinski definition) is 4. The number of carbonyl (C=O) groups is 1. The van der Waals surface area contributed by atoms with Crippen LogP contribution in [0.15, 0.2) is 0 Å². The molecule has 0 radical (unpaired) electrons. The molecule has 0 atom stereocenters. The molecule has 0 amide bonds. The monoisotopic (exact) mass is 242 g/mol. The van der Waals surface area contributed by atoms with Crippen molar-refractivity contribution in [3.05, 3.63) is 10.6 Å². The minimum absolute atomic E-state index is 0.177. The van der Waals surface area contributed by atoms with Crippen molar-refractivity contribution in [3.8, 4) is 0 Å². The van der Waals surface area contributed by atoms with Gasteiger partial charge in [-0.1, -0.05) is 13.8 Å². The van der Waals surface area contributed by atoms with Gasteiger partial charge in [-0.25, -0.2) is 9.78 Å². The molecule has 0 saturated carbocycles. The van der Waals surface area contributed by atoms with Gasteiger partial charge in [-0.15, -0.1) is 11.3 Å². The number of carboxylic acid groups (broad SMARTS) is 1. The molecule has 1 N–H and O–H groups in total. The summed E-state index contributed by atoms with van der Waals surface area (Å²) in [5.41, 5.74) is 0.177. The topological polar surface area (TPSA) is 53.4 Å². The summed E-state index contributed by atoms with van der Waals surface area (Å²) in [5.74, 6) is -0.306. The van der Waals surface area contributed by atoms with Gasteiger partial charge in [0, 0.05) is 18.5 Å². The third-order valence-electron chi connectivity index (χ3n) is 2.36. The second kappa shape index (κ2) is 5.30. The van der Waals surface area contributed by atoms with Crippen LogP contribution in [-0.2, 0) is 0 Å². The fourth-order valence-electron chi connectivity index (χ4n) is 1.29.